The maximum atomic E-state index is 6.04. The lowest BCUT2D eigenvalue weighted by molar-refractivity contribution is 0.242. The highest BCUT2D eigenvalue weighted by molar-refractivity contribution is 5.85. The summed E-state index contributed by atoms with van der Waals surface area (Å²) in [6.45, 7) is 9.41. The molecule has 2 atom stereocenters. The minimum absolute atomic E-state index is 0. The van der Waals surface area contributed by atoms with Crippen molar-refractivity contribution in [1.82, 2.24) is 4.90 Å². The Balaban J connectivity index is 0.00000180. The largest absolute Gasteiger partial charge is 0.491 e. The molecule has 0 amide bonds. The van der Waals surface area contributed by atoms with E-state index in [9.17, 15) is 0 Å². The molecule has 1 fully saturated rings. The highest BCUT2D eigenvalue weighted by Gasteiger charge is 2.26. The molecule has 0 saturated carbocycles. The van der Waals surface area contributed by atoms with E-state index in [2.05, 4.69) is 36.1 Å². The maximum absolute atomic E-state index is 6.04. The van der Waals surface area contributed by atoms with Gasteiger partial charge in [-0.2, -0.15) is 0 Å². The molecule has 1 aromatic rings. The van der Waals surface area contributed by atoms with Crippen LogP contribution < -0.4 is 10.5 Å². The van der Waals surface area contributed by atoms with Crippen LogP contribution in [0.2, 0.25) is 0 Å². The third-order valence-corrected chi connectivity index (χ3v) is 3.45. The molecule has 1 aliphatic heterocycles. The second kappa shape index (κ2) is 7.13. The summed E-state index contributed by atoms with van der Waals surface area (Å²) < 4.78 is 5.64. The number of ether oxygens (including phenoxy) is 1. The van der Waals surface area contributed by atoms with Gasteiger partial charge in [-0.25, -0.2) is 0 Å². The first-order valence-electron chi connectivity index (χ1n) is 6.78. The van der Waals surface area contributed by atoms with Crippen molar-refractivity contribution >= 4 is 12.4 Å². The average Bonchev–Trinajstić information content (AvgIpc) is 2.60. The quantitative estimate of drug-likeness (QED) is 0.924. The topological polar surface area (TPSA) is 38.5 Å². The minimum atomic E-state index is 0. The van der Waals surface area contributed by atoms with Gasteiger partial charge in [0.15, 0.2) is 0 Å². The molecule has 1 saturated heterocycles. The molecule has 0 aliphatic carbocycles. The van der Waals surface area contributed by atoms with Gasteiger partial charge in [-0.1, -0.05) is 19.1 Å². The number of likely N-dealkylation sites (tertiary alicyclic amines) is 1. The van der Waals surface area contributed by atoms with Crippen molar-refractivity contribution in [3.05, 3.63) is 29.8 Å². The van der Waals surface area contributed by atoms with Crippen LogP contribution in [0.15, 0.2) is 24.3 Å². The van der Waals surface area contributed by atoms with Crippen LogP contribution in [0.25, 0.3) is 0 Å². The number of nitrogens with two attached hydrogens (primary N) is 1. The number of rotatable bonds is 4. The van der Waals surface area contributed by atoms with Crippen LogP contribution in [0.5, 0.6) is 5.75 Å². The minimum Gasteiger partial charge on any atom is -0.491 e. The lowest BCUT2D eigenvalue weighted by atomic mass is 10.1. The third kappa shape index (κ3) is 4.68. The van der Waals surface area contributed by atoms with E-state index in [1.54, 1.807) is 0 Å². The van der Waals surface area contributed by atoms with Crippen LogP contribution in [0.3, 0.4) is 0 Å². The summed E-state index contributed by atoms with van der Waals surface area (Å²) in [6.07, 6.45) is 0.230. The van der Waals surface area contributed by atoms with Crippen molar-refractivity contribution in [2.45, 2.75) is 39.5 Å². The Morgan fingerprint density at radius 3 is 2.37 bits per heavy atom. The predicted octanol–water partition coefficient (Wildman–Crippen LogP) is 2.67. The number of nitrogens with zero attached hydrogens (tertiary/aromatic N) is 1. The summed E-state index contributed by atoms with van der Waals surface area (Å²) >= 11 is 0. The van der Waals surface area contributed by atoms with E-state index in [0.717, 1.165) is 25.4 Å². The molecule has 3 nitrogen and oxygen atoms in total. The third-order valence-electron chi connectivity index (χ3n) is 3.45. The first kappa shape index (κ1) is 16.3. The highest BCUT2D eigenvalue weighted by atomic mass is 35.5. The van der Waals surface area contributed by atoms with Gasteiger partial charge in [0.25, 0.3) is 0 Å². The van der Waals surface area contributed by atoms with Crippen LogP contribution in [0.4, 0.5) is 0 Å². The van der Waals surface area contributed by atoms with Crippen LogP contribution in [-0.2, 0) is 6.54 Å². The standard InChI is InChI=1S/C15H24N2O.ClH/c1-11(2)18-14-6-4-13(5-7-14)9-17-8-12(3)15(16)10-17;/h4-7,11-12,15H,8-10,16H2,1-3H3;1H. The van der Waals surface area contributed by atoms with E-state index < -0.39 is 0 Å². The normalized spacial score (nSPS) is 23.4. The number of hydrogen-bond donors (Lipinski definition) is 1. The van der Waals surface area contributed by atoms with Gasteiger partial charge in [0, 0.05) is 25.7 Å². The van der Waals surface area contributed by atoms with Crippen LogP contribution in [-0.4, -0.2) is 30.1 Å². The Bertz CT molecular complexity index is 370. The zero-order valence-electron chi connectivity index (χ0n) is 12.0. The fourth-order valence-electron chi connectivity index (χ4n) is 2.43. The van der Waals surface area contributed by atoms with Crippen LogP contribution in [0.1, 0.15) is 26.3 Å². The molecule has 0 bridgehead atoms. The van der Waals surface area contributed by atoms with Gasteiger partial charge in [0.05, 0.1) is 6.10 Å². The summed E-state index contributed by atoms with van der Waals surface area (Å²) in [7, 11) is 0. The summed E-state index contributed by atoms with van der Waals surface area (Å²) in [4.78, 5) is 2.42. The maximum Gasteiger partial charge on any atom is 0.119 e. The molecule has 2 unspecified atom stereocenters. The van der Waals surface area contributed by atoms with E-state index in [4.69, 9.17) is 10.5 Å². The van der Waals surface area contributed by atoms with Crippen LogP contribution >= 0.6 is 12.4 Å². The van der Waals surface area contributed by atoms with Gasteiger partial charge in [0.1, 0.15) is 5.75 Å². The molecule has 2 N–H and O–H groups in total. The molecule has 1 heterocycles. The van der Waals surface area contributed by atoms with Crippen molar-refractivity contribution in [3.63, 3.8) is 0 Å². The summed E-state index contributed by atoms with van der Waals surface area (Å²) in [5.74, 6) is 1.55. The molecule has 0 spiro atoms. The molecule has 1 aromatic carbocycles. The van der Waals surface area contributed by atoms with E-state index in [-0.39, 0.29) is 18.5 Å². The van der Waals surface area contributed by atoms with E-state index in [0.29, 0.717) is 12.0 Å². The second-order valence-electron chi connectivity index (χ2n) is 5.65. The zero-order valence-corrected chi connectivity index (χ0v) is 12.8. The Labute approximate surface area is 122 Å². The fraction of sp³-hybridized carbons (Fsp3) is 0.600. The molecular formula is C15H25ClN2O. The number of halogens is 1. The van der Waals surface area contributed by atoms with E-state index in [1.807, 2.05) is 13.8 Å². The molecule has 4 heteroatoms. The van der Waals surface area contributed by atoms with Gasteiger partial charge in [0.2, 0.25) is 0 Å². The molecule has 2 rings (SSSR count). The monoisotopic (exact) mass is 284 g/mol. The smallest absolute Gasteiger partial charge is 0.119 e. The van der Waals surface area contributed by atoms with E-state index >= 15 is 0 Å². The molecular weight excluding hydrogens is 260 g/mol. The summed E-state index contributed by atoms with van der Waals surface area (Å²) in [5.41, 5.74) is 7.37. The molecule has 0 radical (unpaired) electrons. The molecule has 0 aromatic heterocycles. The van der Waals surface area contributed by atoms with Gasteiger partial charge in [-0.05, 0) is 37.5 Å². The number of benzene rings is 1. The Morgan fingerprint density at radius 2 is 1.89 bits per heavy atom. The van der Waals surface area contributed by atoms with Crippen molar-refractivity contribution in [3.8, 4) is 5.75 Å². The molecule has 1 aliphatic rings. The van der Waals surface area contributed by atoms with E-state index in [1.165, 1.54) is 5.56 Å². The SMILES string of the molecule is CC(C)Oc1ccc(CN2CC(C)C(N)C2)cc1.Cl. The predicted molar refractivity (Wildman–Crippen MR) is 81.9 cm³/mol. The van der Waals surface area contributed by atoms with Gasteiger partial charge < -0.3 is 10.5 Å². The first-order chi connectivity index (χ1) is 8.54. The van der Waals surface area contributed by atoms with Crippen molar-refractivity contribution in [2.24, 2.45) is 11.7 Å². The lowest BCUT2D eigenvalue weighted by Crippen LogP contribution is -2.28. The van der Waals surface area contributed by atoms with Crippen LogP contribution in [0, 0.1) is 5.92 Å². The van der Waals surface area contributed by atoms with Gasteiger partial charge >= 0.3 is 0 Å². The lowest BCUT2D eigenvalue weighted by Gasteiger charge is -2.16. The first-order valence-corrected chi connectivity index (χ1v) is 6.78. The van der Waals surface area contributed by atoms with Crippen molar-refractivity contribution in [2.75, 3.05) is 13.1 Å². The summed E-state index contributed by atoms with van der Waals surface area (Å²) in [6, 6.07) is 8.72. The number of hydrogen-bond acceptors (Lipinski definition) is 3. The molecule has 19 heavy (non-hydrogen) atoms. The Hall–Kier alpha value is -0.770. The highest BCUT2D eigenvalue weighted by Crippen LogP contribution is 2.19. The van der Waals surface area contributed by atoms with Gasteiger partial charge in [-0.15, -0.1) is 12.4 Å². The van der Waals surface area contributed by atoms with Gasteiger partial charge in [-0.3, -0.25) is 4.90 Å². The molecule has 108 valence electrons. The summed E-state index contributed by atoms with van der Waals surface area (Å²) in [5, 5.41) is 0. The van der Waals surface area contributed by atoms with Crippen molar-refractivity contribution in [1.29, 1.82) is 0 Å². The Morgan fingerprint density at radius 1 is 1.26 bits per heavy atom. The second-order valence-corrected chi connectivity index (χ2v) is 5.65. The van der Waals surface area contributed by atoms with Crippen molar-refractivity contribution < 1.29 is 4.74 Å². The fourth-order valence-corrected chi connectivity index (χ4v) is 2.43. The zero-order chi connectivity index (χ0) is 13.1. The Kier molecular flexibility index (Phi) is 6.11. The average molecular weight is 285 g/mol.